The summed E-state index contributed by atoms with van der Waals surface area (Å²) in [6.45, 7) is 0. The minimum absolute atomic E-state index is 0.543. The highest BCUT2D eigenvalue weighted by Crippen LogP contribution is 2.20. The van der Waals surface area contributed by atoms with Crippen LogP contribution in [0.2, 0.25) is 0 Å². The van der Waals surface area contributed by atoms with Crippen molar-refractivity contribution in [2.75, 3.05) is 5.33 Å². The van der Waals surface area contributed by atoms with Gasteiger partial charge >= 0.3 is 0 Å². The average molecular weight is 338 g/mol. The van der Waals surface area contributed by atoms with Crippen molar-refractivity contribution in [1.82, 2.24) is 0 Å². The second-order valence-corrected chi connectivity index (χ2v) is 4.72. The molecule has 0 saturated carbocycles. The molecule has 4 heteroatoms. The lowest BCUT2D eigenvalue weighted by atomic mass is 10.0. The van der Waals surface area contributed by atoms with E-state index < -0.39 is 12.2 Å². The van der Waals surface area contributed by atoms with E-state index in [1.54, 1.807) is 0 Å². The fraction of sp³-hybridized carbons (Fsp3) is 0.455. The van der Waals surface area contributed by atoms with E-state index in [-0.39, 0.29) is 0 Å². The lowest BCUT2D eigenvalue weighted by Crippen LogP contribution is -2.18. The van der Waals surface area contributed by atoms with E-state index in [0.717, 1.165) is 16.5 Å². The van der Waals surface area contributed by atoms with Gasteiger partial charge in [0.05, 0.1) is 6.10 Å². The fourth-order valence-corrected chi connectivity index (χ4v) is 2.14. The van der Waals surface area contributed by atoms with Gasteiger partial charge in [0.2, 0.25) is 0 Å². The summed E-state index contributed by atoms with van der Waals surface area (Å²) in [7, 11) is 0. The molecule has 0 aromatic heterocycles. The molecule has 15 heavy (non-hydrogen) atoms. The topological polar surface area (TPSA) is 40.5 Å². The first-order valence-corrected chi connectivity index (χ1v) is 7.00. The Kier molecular flexibility index (Phi) is 5.82. The molecule has 0 fully saturated rings. The highest BCUT2D eigenvalue weighted by atomic mass is 79.9. The van der Waals surface area contributed by atoms with Crippen molar-refractivity contribution < 1.29 is 10.2 Å². The van der Waals surface area contributed by atoms with Crippen molar-refractivity contribution in [2.24, 2.45) is 0 Å². The monoisotopic (exact) mass is 336 g/mol. The molecule has 84 valence electrons. The minimum Gasteiger partial charge on any atom is -0.390 e. The number of hydrogen-bond acceptors (Lipinski definition) is 2. The van der Waals surface area contributed by atoms with E-state index in [0.29, 0.717) is 11.8 Å². The molecule has 0 heterocycles. The van der Waals surface area contributed by atoms with Gasteiger partial charge in [0, 0.05) is 10.7 Å². The third-order valence-corrected chi connectivity index (χ3v) is 3.35. The number of aliphatic hydroxyl groups excluding tert-OH is 2. The third kappa shape index (κ3) is 3.87. The number of rotatable bonds is 5. The van der Waals surface area contributed by atoms with Crippen molar-refractivity contribution in [2.45, 2.75) is 24.0 Å². The molecule has 1 aromatic carbocycles. The molecule has 0 aliphatic carbocycles. The van der Waals surface area contributed by atoms with Gasteiger partial charge in [-0.05, 0) is 17.5 Å². The highest BCUT2D eigenvalue weighted by Gasteiger charge is 2.17. The molecule has 0 aliphatic rings. The van der Waals surface area contributed by atoms with Gasteiger partial charge in [0.25, 0.3) is 0 Å². The van der Waals surface area contributed by atoms with E-state index in [1.807, 2.05) is 24.3 Å². The quantitative estimate of drug-likeness (QED) is 0.811. The van der Waals surface area contributed by atoms with Gasteiger partial charge in [-0.15, -0.1) is 0 Å². The molecule has 0 aliphatic heterocycles. The van der Waals surface area contributed by atoms with Crippen LogP contribution >= 0.6 is 31.9 Å². The van der Waals surface area contributed by atoms with Crippen molar-refractivity contribution in [3.63, 3.8) is 0 Å². The smallest absolute Gasteiger partial charge is 0.105 e. The van der Waals surface area contributed by atoms with Gasteiger partial charge < -0.3 is 10.2 Å². The Morgan fingerprint density at radius 3 is 2.13 bits per heavy atom. The first-order valence-electron chi connectivity index (χ1n) is 4.76. The van der Waals surface area contributed by atoms with Gasteiger partial charge in [-0.3, -0.25) is 0 Å². The Hall–Kier alpha value is 0.100. The normalized spacial score (nSPS) is 14.9. The maximum Gasteiger partial charge on any atom is 0.105 e. The highest BCUT2D eigenvalue weighted by molar-refractivity contribution is 9.09. The molecule has 0 amide bonds. The predicted molar refractivity (Wildman–Crippen MR) is 68.5 cm³/mol. The molecule has 1 aromatic rings. The largest absolute Gasteiger partial charge is 0.390 e. The molecule has 0 saturated heterocycles. The summed E-state index contributed by atoms with van der Waals surface area (Å²) in [5.41, 5.74) is 1.91. The molecule has 0 bridgehead atoms. The average Bonchev–Trinajstić information content (AvgIpc) is 2.28. The Bertz CT molecular complexity index is 287. The molecule has 1 rings (SSSR count). The summed E-state index contributed by atoms with van der Waals surface area (Å²) in [4.78, 5) is 0. The number of aliphatic hydroxyl groups is 2. The van der Waals surface area contributed by atoms with Crippen LogP contribution in [0.5, 0.6) is 0 Å². The Morgan fingerprint density at radius 2 is 1.67 bits per heavy atom. The molecular formula is C11H14Br2O2. The second-order valence-electron chi connectivity index (χ2n) is 3.37. The van der Waals surface area contributed by atoms with Crippen LogP contribution in [-0.2, 0) is 5.33 Å². The standard InChI is InChI=1S/C11H14Br2O2/c12-6-5-10(14)11(15)9-3-1-8(7-13)2-4-9/h1-4,10-11,14-15H,5-7H2. The van der Waals surface area contributed by atoms with Crippen LogP contribution in [0.25, 0.3) is 0 Å². The van der Waals surface area contributed by atoms with Crippen molar-refractivity contribution in [3.8, 4) is 0 Å². The van der Waals surface area contributed by atoms with Gasteiger partial charge in [-0.2, -0.15) is 0 Å². The first-order chi connectivity index (χ1) is 7.19. The predicted octanol–water partition coefficient (Wildman–Crippen LogP) is 2.76. The zero-order chi connectivity index (χ0) is 11.3. The SMILES string of the molecule is OC(CCBr)C(O)c1ccc(CBr)cc1. The lowest BCUT2D eigenvalue weighted by Gasteiger charge is -2.17. The van der Waals surface area contributed by atoms with E-state index in [9.17, 15) is 10.2 Å². The van der Waals surface area contributed by atoms with Crippen molar-refractivity contribution in [1.29, 1.82) is 0 Å². The van der Waals surface area contributed by atoms with Crippen LogP contribution < -0.4 is 0 Å². The van der Waals surface area contributed by atoms with Gasteiger partial charge in [0.1, 0.15) is 6.10 Å². The van der Waals surface area contributed by atoms with E-state index >= 15 is 0 Å². The van der Waals surface area contributed by atoms with E-state index in [4.69, 9.17) is 0 Å². The maximum atomic E-state index is 9.80. The molecule has 0 spiro atoms. The summed E-state index contributed by atoms with van der Waals surface area (Å²) in [5.74, 6) is 0. The van der Waals surface area contributed by atoms with Crippen molar-refractivity contribution >= 4 is 31.9 Å². The molecule has 2 nitrogen and oxygen atoms in total. The number of alkyl halides is 2. The first kappa shape index (κ1) is 13.2. The molecule has 0 radical (unpaired) electrons. The number of hydrogen-bond donors (Lipinski definition) is 2. The summed E-state index contributed by atoms with van der Waals surface area (Å²) in [6.07, 6.45) is -0.965. The van der Waals surface area contributed by atoms with Gasteiger partial charge in [-0.1, -0.05) is 56.1 Å². The molecule has 2 atom stereocenters. The van der Waals surface area contributed by atoms with Crippen LogP contribution in [0.1, 0.15) is 23.7 Å². The molecule has 2 unspecified atom stereocenters. The van der Waals surface area contributed by atoms with Crippen LogP contribution in [-0.4, -0.2) is 21.6 Å². The van der Waals surface area contributed by atoms with Crippen LogP contribution in [0, 0.1) is 0 Å². The second kappa shape index (κ2) is 6.63. The number of benzene rings is 1. The zero-order valence-electron chi connectivity index (χ0n) is 8.24. The summed E-state index contributed by atoms with van der Waals surface area (Å²) < 4.78 is 0. The molecule has 2 N–H and O–H groups in total. The van der Waals surface area contributed by atoms with Crippen LogP contribution in [0.15, 0.2) is 24.3 Å². The van der Waals surface area contributed by atoms with E-state index in [1.165, 1.54) is 0 Å². The fourth-order valence-electron chi connectivity index (χ4n) is 1.30. The minimum atomic E-state index is -0.799. The van der Waals surface area contributed by atoms with Crippen molar-refractivity contribution in [3.05, 3.63) is 35.4 Å². The summed E-state index contributed by atoms with van der Waals surface area (Å²) >= 11 is 6.59. The van der Waals surface area contributed by atoms with Crippen LogP contribution in [0.4, 0.5) is 0 Å². The summed E-state index contributed by atoms with van der Waals surface area (Å²) in [6, 6.07) is 7.57. The molecular weight excluding hydrogens is 324 g/mol. The summed E-state index contributed by atoms with van der Waals surface area (Å²) in [5, 5.41) is 20.9. The Balaban J connectivity index is 2.69. The van der Waals surface area contributed by atoms with Gasteiger partial charge in [0.15, 0.2) is 0 Å². The van der Waals surface area contributed by atoms with Gasteiger partial charge in [-0.25, -0.2) is 0 Å². The van der Waals surface area contributed by atoms with Crippen LogP contribution in [0.3, 0.4) is 0 Å². The lowest BCUT2D eigenvalue weighted by molar-refractivity contribution is 0.0173. The Labute approximate surface area is 107 Å². The zero-order valence-corrected chi connectivity index (χ0v) is 11.4. The number of halogens is 2. The third-order valence-electron chi connectivity index (χ3n) is 2.24. The van der Waals surface area contributed by atoms with E-state index in [2.05, 4.69) is 31.9 Å². The Morgan fingerprint density at radius 1 is 1.07 bits per heavy atom. The maximum absolute atomic E-state index is 9.80.